The average Bonchev–Trinajstić information content (AvgIpc) is 2.77. The molecule has 0 aromatic heterocycles. The van der Waals surface area contributed by atoms with E-state index in [2.05, 4.69) is 16.0 Å². The third-order valence-electron chi connectivity index (χ3n) is 4.51. The van der Waals surface area contributed by atoms with E-state index in [-0.39, 0.29) is 26.2 Å². The number of carbonyl (C=O) groups is 2. The average molecular weight is 522 g/mol. The number of hydrogen-bond donors (Lipinski definition) is 3. The number of ether oxygens (including phenoxy) is 1. The molecule has 0 aliphatic carbocycles. The Kier molecular flexibility index (Phi) is 8.03. The van der Waals surface area contributed by atoms with Crippen LogP contribution < -0.4 is 20.7 Å². The van der Waals surface area contributed by atoms with Crippen LogP contribution in [0.15, 0.2) is 65.6 Å². The summed E-state index contributed by atoms with van der Waals surface area (Å²) in [5, 5.41) is 8.21. The lowest BCUT2D eigenvalue weighted by Gasteiger charge is -2.12. The smallest absolute Gasteiger partial charge is 0.323 e. The normalized spacial score (nSPS) is 10.9. The van der Waals surface area contributed by atoms with E-state index in [1.165, 1.54) is 30.3 Å². The molecule has 0 aliphatic heterocycles. The summed E-state index contributed by atoms with van der Waals surface area (Å²) in [6, 6.07) is 14.7. The fraction of sp³-hybridized carbons (Fsp3) is 0.130. The van der Waals surface area contributed by atoms with Gasteiger partial charge in [-0.15, -0.1) is 0 Å². The molecule has 0 radical (unpaired) electrons. The molecule has 11 heteroatoms. The molecule has 0 atom stereocenters. The van der Waals surface area contributed by atoms with Gasteiger partial charge < -0.3 is 20.7 Å². The van der Waals surface area contributed by atoms with Crippen molar-refractivity contribution in [1.82, 2.24) is 0 Å². The van der Waals surface area contributed by atoms with Crippen molar-refractivity contribution in [3.05, 3.63) is 76.3 Å². The Labute approximate surface area is 207 Å². The van der Waals surface area contributed by atoms with Crippen molar-refractivity contribution in [1.29, 1.82) is 0 Å². The second-order valence-corrected chi connectivity index (χ2v) is 9.93. The highest BCUT2D eigenvalue weighted by Crippen LogP contribution is 2.27. The Morgan fingerprint density at radius 2 is 1.53 bits per heavy atom. The summed E-state index contributed by atoms with van der Waals surface area (Å²) in [6.07, 6.45) is 1.05. The Balaban J connectivity index is 1.69. The third-order valence-corrected chi connectivity index (χ3v) is 6.26. The maximum Gasteiger partial charge on any atom is 0.323 e. The van der Waals surface area contributed by atoms with Crippen LogP contribution in [-0.2, 0) is 9.84 Å². The van der Waals surface area contributed by atoms with Crippen molar-refractivity contribution in [3.8, 4) is 5.75 Å². The minimum Gasteiger partial charge on any atom is -0.494 e. The fourth-order valence-electron chi connectivity index (χ4n) is 2.89. The molecule has 0 bridgehead atoms. The second-order valence-electron chi connectivity index (χ2n) is 7.10. The summed E-state index contributed by atoms with van der Waals surface area (Å²) in [6.45, 7) is 2.42. The molecule has 0 fully saturated rings. The van der Waals surface area contributed by atoms with E-state index in [1.54, 1.807) is 30.3 Å². The highest BCUT2D eigenvalue weighted by molar-refractivity contribution is 7.90. The Morgan fingerprint density at radius 3 is 2.15 bits per heavy atom. The highest BCUT2D eigenvalue weighted by atomic mass is 35.5. The molecular weight excluding hydrogens is 501 g/mol. The summed E-state index contributed by atoms with van der Waals surface area (Å²) < 4.78 is 28.7. The number of amides is 3. The minimum absolute atomic E-state index is 0.00516. The van der Waals surface area contributed by atoms with Crippen molar-refractivity contribution >= 4 is 62.0 Å². The molecule has 3 rings (SSSR count). The monoisotopic (exact) mass is 521 g/mol. The van der Waals surface area contributed by atoms with E-state index in [0.717, 1.165) is 6.26 Å². The van der Waals surface area contributed by atoms with Crippen LogP contribution in [0.25, 0.3) is 0 Å². The van der Waals surface area contributed by atoms with E-state index < -0.39 is 21.8 Å². The zero-order valence-electron chi connectivity index (χ0n) is 18.2. The van der Waals surface area contributed by atoms with Gasteiger partial charge in [0.15, 0.2) is 9.84 Å². The first-order valence-electron chi connectivity index (χ1n) is 9.98. The molecule has 3 amide bonds. The van der Waals surface area contributed by atoms with E-state index in [0.29, 0.717) is 23.7 Å². The summed E-state index contributed by atoms with van der Waals surface area (Å²) in [4.78, 5) is 25.0. The maximum atomic E-state index is 12.6. The van der Waals surface area contributed by atoms with Crippen molar-refractivity contribution in [3.63, 3.8) is 0 Å². The lowest BCUT2D eigenvalue weighted by Crippen LogP contribution is -2.20. The standard InChI is InChI=1S/C23H21Cl2N3O5S/c1-3-33-16-7-4-14(5-8-16)27-23(30)28-21-12-15(6-11-19(21)24)26-22(29)18-10-9-17(13-20(18)25)34(2,31)32/h4-13H,3H2,1-2H3,(H,26,29)(H2,27,28,30). The largest absolute Gasteiger partial charge is 0.494 e. The Bertz CT molecular complexity index is 1330. The number of rotatable bonds is 7. The van der Waals surface area contributed by atoms with Gasteiger partial charge in [0, 0.05) is 17.6 Å². The first-order chi connectivity index (χ1) is 16.1. The van der Waals surface area contributed by atoms with Crippen LogP contribution in [0.2, 0.25) is 10.0 Å². The number of carbonyl (C=O) groups excluding carboxylic acids is 2. The quantitative estimate of drug-likeness (QED) is 0.369. The SMILES string of the molecule is CCOc1ccc(NC(=O)Nc2cc(NC(=O)c3ccc(S(C)(=O)=O)cc3Cl)ccc2Cl)cc1. The molecule has 178 valence electrons. The van der Waals surface area contributed by atoms with Crippen molar-refractivity contribution in [2.24, 2.45) is 0 Å². The van der Waals surface area contributed by atoms with E-state index in [4.69, 9.17) is 27.9 Å². The molecule has 0 saturated heterocycles. The molecule has 0 spiro atoms. The summed E-state index contributed by atoms with van der Waals surface area (Å²) in [5.74, 6) is 0.128. The van der Waals surface area contributed by atoms with Gasteiger partial charge in [-0.1, -0.05) is 23.2 Å². The van der Waals surface area contributed by atoms with Crippen LogP contribution in [0.3, 0.4) is 0 Å². The van der Waals surface area contributed by atoms with Crippen LogP contribution in [0.1, 0.15) is 17.3 Å². The van der Waals surface area contributed by atoms with Gasteiger partial charge in [0.25, 0.3) is 5.91 Å². The topological polar surface area (TPSA) is 114 Å². The first-order valence-corrected chi connectivity index (χ1v) is 12.6. The van der Waals surface area contributed by atoms with Gasteiger partial charge in [-0.25, -0.2) is 13.2 Å². The van der Waals surface area contributed by atoms with Crippen molar-refractivity contribution in [2.45, 2.75) is 11.8 Å². The molecule has 8 nitrogen and oxygen atoms in total. The minimum atomic E-state index is -3.46. The first kappa shape index (κ1) is 25.4. The number of hydrogen-bond acceptors (Lipinski definition) is 5. The fourth-order valence-corrected chi connectivity index (χ4v) is 4.04. The lowest BCUT2D eigenvalue weighted by atomic mass is 10.2. The summed E-state index contributed by atoms with van der Waals surface area (Å²) in [7, 11) is -3.46. The zero-order chi connectivity index (χ0) is 24.9. The van der Waals surface area contributed by atoms with E-state index in [9.17, 15) is 18.0 Å². The maximum absolute atomic E-state index is 12.6. The number of halogens is 2. The van der Waals surface area contributed by atoms with Crippen LogP contribution in [0, 0.1) is 0 Å². The predicted molar refractivity (Wildman–Crippen MR) is 134 cm³/mol. The van der Waals surface area contributed by atoms with Crippen LogP contribution in [-0.4, -0.2) is 33.2 Å². The molecule has 3 aromatic rings. The summed E-state index contributed by atoms with van der Waals surface area (Å²) in [5.41, 5.74) is 1.25. The van der Waals surface area contributed by atoms with E-state index >= 15 is 0 Å². The Morgan fingerprint density at radius 1 is 0.853 bits per heavy atom. The van der Waals surface area contributed by atoms with Gasteiger partial charge in [0.2, 0.25) is 0 Å². The third kappa shape index (κ3) is 6.63. The molecule has 3 N–H and O–H groups in total. The zero-order valence-corrected chi connectivity index (χ0v) is 20.5. The van der Waals surface area contributed by atoms with Gasteiger partial charge >= 0.3 is 6.03 Å². The number of nitrogens with one attached hydrogen (secondary N) is 3. The van der Waals surface area contributed by atoms with Crippen LogP contribution in [0.4, 0.5) is 21.9 Å². The molecule has 0 heterocycles. The molecular formula is C23H21Cl2N3O5S. The molecule has 34 heavy (non-hydrogen) atoms. The molecule has 0 aliphatic rings. The van der Waals surface area contributed by atoms with Gasteiger partial charge in [-0.3, -0.25) is 4.79 Å². The van der Waals surface area contributed by atoms with Crippen LogP contribution in [0.5, 0.6) is 5.75 Å². The Hall–Kier alpha value is -3.27. The van der Waals surface area contributed by atoms with Crippen LogP contribution >= 0.6 is 23.2 Å². The lowest BCUT2D eigenvalue weighted by molar-refractivity contribution is 0.102. The van der Waals surface area contributed by atoms with E-state index in [1.807, 2.05) is 6.92 Å². The van der Waals surface area contributed by atoms with Crippen molar-refractivity contribution in [2.75, 3.05) is 28.8 Å². The predicted octanol–water partition coefficient (Wildman–Crippen LogP) is 5.69. The highest BCUT2D eigenvalue weighted by Gasteiger charge is 2.16. The summed E-state index contributed by atoms with van der Waals surface area (Å²) >= 11 is 12.3. The number of anilines is 3. The van der Waals surface area contributed by atoms with Gasteiger partial charge in [-0.2, -0.15) is 0 Å². The van der Waals surface area contributed by atoms with Gasteiger partial charge in [-0.05, 0) is 67.6 Å². The van der Waals surface area contributed by atoms with Crippen molar-refractivity contribution < 1.29 is 22.7 Å². The number of benzene rings is 3. The second kappa shape index (κ2) is 10.8. The van der Waals surface area contributed by atoms with Gasteiger partial charge in [0.1, 0.15) is 5.75 Å². The number of sulfone groups is 1. The molecule has 3 aromatic carbocycles. The molecule has 0 unspecified atom stereocenters. The molecule has 0 saturated carbocycles. The van der Waals surface area contributed by atoms with Gasteiger partial charge in [0.05, 0.1) is 32.8 Å². The number of urea groups is 1.